The predicted molar refractivity (Wildman–Crippen MR) is 93.8 cm³/mol. The van der Waals surface area contributed by atoms with Crippen molar-refractivity contribution in [1.82, 2.24) is 14.6 Å². The van der Waals surface area contributed by atoms with Crippen molar-refractivity contribution in [2.45, 2.75) is 18.9 Å². The molecule has 3 aromatic rings. The summed E-state index contributed by atoms with van der Waals surface area (Å²) in [4.78, 5) is 4.28. The predicted octanol–water partition coefficient (Wildman–Crippen LogP) is 3.44. The van der Waals surface area contributed by atoms with Crippen LogP contribution in [0, 0.1) is 22.7 Å². The summed E-state index contributed by atoms with van der Waals surface area (Å²) in [5.74, 6) is 0.524. The Bertz CT molecular complexity index is 1050. The zero-order valence-corrected chi connectivity index (χ0v) is 13.7. The Morgan fingerprint density at radius 3 is 2.72 bits per heavy atom. The molecule has 122 valence electrons. The molecule has 0 radical (unpaired) electrons. The number of imidazole rings is 1. The van der Waals surface area contributed by atoms with Crippen LogP contribution in [0.15, 0.2) is 30.5 Å². The molecule has 0 unspecified atom stereocenters. The molecule has 1 aliphatic rings. The number of nitrogens with zero attached hydrogens (tertiary/aromatic N) is 5. The minimum Gasteiger partial charge on any atom is -0.379 e. The van der Waals surface area contributed by atoms with Gasteiger partial charge in [0.05, 0.1) is 23.5 Å². The second-order valence-electron chi connectivity index (χ2n) is 5.82. The van der Waals surface area contributed by atoms with Crippen LogP contribution in [-0.4, -0.2) is 20.6 Å². The van der Waals surface area contributed by atoms with Crippen molar-refractivity contribution >= 4 is 34.4 Å². The van der Waals surface area contributed by atoms with E-state index in [1.54, 1.807) is 18.2 Å². The SMILES string of the molecule is N#Cc1cc(Cl)cc(Nc2cc(NC3CC3)c3ncc(C#N)n3n2)c1. The van der Waals surface area contributed by atoms with E-state index >= 15 is 0 Å². The molecule has 2 N–H and O–H groups in total. The average Bonchev–Trinajstić information content (AvgIpc) is 3.31. The molecule has 0 bridgehead atoms. The first-order valence-electron chi connectivity index (χ1n) is 7.69. The monoisotopic (exact) mass is 349 g/mol. The van der Waals surface area contributed by atoms with Gasteiger partial charge in [-0.3, -0.25) is 0 Å². The summed E-state index contributed by atoms with van der Waals surface area (Å²) in [6, 6.07) is 11.4. The fourth-order valence-electron chi connectivity index (χ4n) is 2.53. The second kappa shape index (κ2) is 5.97. The minimum absolute atomic E-state index is 0.348. The maximum atomic E-state index is 9.25. The topological polar surface area (TPSA) is 102 Å². The number of nitrogens with one attached hydrogen (secondary N) is 2. The van der Waals surface area contributed by atoms with Gasteiger partial charge < -0.3 is 10.6 Å². The highest BCUT2D eigenvalue weighted by molar-refractivity contribution is 6.31. The number of nitriles is 2. The molecule has 1 aromatic carbocycles. The molecule has 0 aliphatic heterocycles. The lowest BCUT2D eigenvalue weighted by atomic mass is 10.2. The molecule has 1 aliphatic carbocycles. The second-order valence-corrected chi connectivity index (χ2v) is 6.25. The highest BCUT2D eigenvalue weighted by Gasteiger charge is 2.23. The summed E-state index contributed by atoms with van der Waals surface area (Å²) in [7, 11) is 0. The van der Waals surface area contributed by atoms with Gasteiger partial charge in [-0.2, -0.15) is 15.0 Å². The molecule has 0 spiro atoms. The Morgan fingerprint density at radius 2 is 2.00 bits per heavy atom. The molecule has 0 saturated heterocycles. The largest absolute Gasteiger partial charge is 0.379 e. The third kappa shape index (κ3) is 3.06. The fraction of sp³-hybridized carbons (Fsp3) is 0.176. The van der Waals surface area contributed by atoms with Crippen LogP contribution in [0.3, 0.4) is 0 Å². The number of rotatable bonds is 4. The zero-order valence-electron chi connectivity index (χ0n) is 13.0. The highest BCUT2D eigenvalue weighted by Crippen LogP contribution is 2.29. The molecule has 1 saturated carbocycles. The van der Waals surface area contributed by atoms with Gasteiger partial charge in [-0.05, 0) is 31.0 Å². The number of hydrogen-bond acceptors (Lipinski definition) is 6. The van der Waals surface area contributed by atoms with E-state index < -0.39 is 0 Å². The lowest BCUT2D eigenvalue weighted by molar-refractivity contribution is 0.924. The van der Waals surface area contributed by atoms with Crippen LogP contribution >= 0.6 is 11.6 Å². The highest BCUT2D eigenvalue weighted by atomic mass is 35.5. The smallest absolute Gasteiger partial charge is 0.178 e. The Hall–Kier alpha value is -3.29. The number of halogens is 1. The number of anilines is 3. The van der Waals surface area contributed by atoms with Gasteiger partial charge in [-0.15, -0.1) is 5.10 Å². The van der Waals surface area contributed by atoms with Crippen molar-refractivity contribution in [2.24, 2.45) is 0 Å². The summed E-state index contributed by atoms with van der Waals surface area (Å²) in [5.41, 5.74) is 2.86. The van der Waals surface area contributed by atoms with Crippen molar-refractivity contribution < 1.29 is 0 Å². The molecule has 2 aromatic heterocycles. The number of hydrogen-bond donors (Lipinski definition) is 2. The molecular formula is C17H12ClN7. The van der Waals surface area contributed by atoms with E-state index in [9.17, 15) is 5.26 Å². The van der Waals surface area contributed by atoms with Crippen molar-refractivity contribution in [3.05, 3.63) is 46.7 Å². The molecule has 8 heteroatoms. The van der Waals surface area contributed by atoms with Gasteiger partial charge in [-0.1, -0.05) is 11.6 Å². The maximum Gasteiger partial charge on any atom is 0.178 e. The first-order chi connectivity index (χ1) is 12.2. The minimum atomic E-state index is 0.348. The van der Waals surface area contributed by atoms with Gasteiger partial charge >= 0.3 is 0 Å². The van der Waals surface area contributed by atoms with E-state index in [2.05, 4.69) is 32.9 Å². The van der Waals surface area contributed by atoms with Crippen molar-refractivity contribution in [1.29, 1.82) is 10.5 Å². The normalized spacial score (nSPS) is 13.2. The van der Waals surface area contributed by atoms with Crippen molar-refractivity contribution in [3.63, 3.8) is 0 Å². The molecule has 4 rings (SSSR count). The summed E-state index contributed by atoms with van der Waals surface area (Å²) in [5, 5.41) is 29.8. The number of aromatic nitrogens is 3. The Morgan fingerprint density at radius 1 is 1.16 bits per heavy atom. The third-order valence-corrected chi connectivity index (χ3v) is 4.04. The molecule has 2 heterocycles. The first-order valence-corrected chi connectivity index (χ1v) is 8.07. The lowest BCUT2D eigenvalue weighted by Crippen LogP contribution is -2.07. The van der Waals surface area contributed by atoms with Gasteiger partial charge in [0.15, 0.2) is 17.2 Å². The van der Waals surface area contributed by atoms with E-state index in [4.69, 9.17) is 16.9 Å². The van der Waals surface area contributed by atoms with Crippen molar-refractivity contribution in [3.8, 4) is 12.1 Å². The number of benzene rings is 1. The summed E-state index contributed by atoms with van der Waals surface area (Å²) < 4.78 is 1.50. The molecular weight excluding hydrogens is 338 g/mol. The number of fused-ring (bicyclic) bond motifs is 1. The molecule has 1 fully saturated rings. The van der Waals surface area contributed by atoms with Crippen LogP contribution in [0.2, 0.25) is 5.02 Å². The van der Waals surface area contributed by atoms with Crippen LogP contribution in [0.4, 0.5) is 17.2 Å². The standard InChI is InChI=1S/C17H12ClN7/c18-11-3-10(7-19)4-13(5-11)23-16-6-15(22-12-1-2-12)17-21-9-14(8-20)25(17)24-16/h3-6,9,12,22H,1-2H2,(H,23,24). The van der Waals surface area contributed by atoms with Crippen LogP contribution in [0.25, 0.3) is 5.65 Å². The van der Waals surface area contributed by atoms with Crippen LogP contribution in [-0.2, 0) is 0 Å². The first kappa shape index (κ1) is 15.3. The van der Waals surface area contributed by atoms with Crippen molar-refractivity contribution in [2.75, 3.05) is 10.6 Å². The lowest BCUT2D eigenvalue weighted by Gasteiger charge is -2.11. The van der Waals surface area contributed by atoms with Crippen LogP contribution in [0.1, 0.15) is 24.1 Å². The summed E-state index contributed by atoms with van der Waals surface area (Å²) in [6.45, 7) is 0. The van der Waals surface area contributed by atoms with E-state index in [-0.39, 0.29) is 0 Å². The van der Waals surface area contributed by atoms with E-state index in [0.717, 1.165) is 18.5 Å². The average molecular weight is 350 g/mol. The van der Waals surface area contributed by atoms with E-state index in [1.807, 2.05) is 6.07 Å². The Kier molecular flexibility index (Phi) is 3.64. The maximum absolute atomic E-state index is 9.25. The Labute approximate surface area is 148 Å². The molecule has 0 atom stereocenters. The zero-order chi connectivity index (χ0) is 17.4. The van der Waals surface area contributed by atoms with Crippen LogP contribution in [0.5, 0.6) is 0 Å². The van der Waals surface area contributed by atoms with Gasteiger partial charge in [0, 0.05) is 22.8 Å². The fourth-order valence-corrected chi connectivity index (χ4v) is 2.77. The third-order valence-electron chi connectivity index (χ3n) is 3.82. The summed E-state index contributed by atoms with van der Waals surface area (Å²) in [6.07, 6.45) is 3.73. The van der Waals surface area contributed by atoms with E-state index in [1.165, 1.54) is 10.7 Å². The molecule has 25 heavy (non-hydrogen) atoms. The van der Waals surface area contributed by atoms with E-state index in [0.29, 0.717) is 39.5 Å². The quantitative estimate of drug-likeness (QED) is 0.748. The molecule has 7 nitrogen and oxygen atoms in total. The van der Waals surface area contributed by atoms with Gasteiger partial charge in [-0.25, -0.2) is 4.98 Å². The summed E-state index contributed by atoms with van der Waals surface area (Å²) >= 11 is 6.05. The Balaban J connectivity index is 1.77. The van der Waals surface area contributed by atoms with Gasteiger partial charge in [0.2, 0.25) is 0 Å². The van der Waals surface area contributed by atoms with Gasteiger partial charge in [0.1, 0.15) is 6.07 Å². The molecule has 0 amide bonds. The van der Waals surface area contributed by atoms with Crippen LogP contribution < -0.4 is 10.6 Å². The van der Waals surface area contributed by atoms with Gasteiger partial charge in [0.25, 0.3) is 0 Å².